The summed E-state index contributed by atoms with van der Waals surface area (Å²) in [4.78, 5) is 15.1. The van der Waals surface area contributed by atoms with Gasteiger partial charge >= 0.3 is 0 Å². The van der Waals surface area contributed by atoms with Crippen LogP contribution in [0.4, 0.5) is 5.69 Å². The van der Waals surface area contributed by atoms with E-state index in [4.69, 9.17) is 0 Å². The summed E-state index contributed by atoms with van der Waals surface area (Å²) in [5.74, 6) is 2.18. The average Bonchev–Trinajstić information content (AvgIpc) is 3.42. The second-order valence-electron chi connectivity index (χ2n) is 9.51. The molecule has 2 aliphatic heterocycles. The van der Waals surface area contributed by atoms with E-state index in [-0.39, 0.29) is 5.92 Å². The van der Waals surface area contributed by atoms with Crippen molar-refractivity contribution in [2.75, 3.05) is 31.1 Å². The Bertz CT molecular complexity index is 706. The number of carbonyl (C=O) groups excluding carboxylic acids is 1. The molecule has 0 spiro atoms. The highest BCUT2D eigenvalue weighted by molar-refractivity contribution is 5.97. The Balaban J connectivity index is 1.18. The number of piperidine rings is 1. The zero-order valence-electron chi connectivity index (χ0n) is 17.1. The molecule has 1 aromatic rings. The summed E-state index contributed by atoms with van der Waals surface area (Å²) in [6.07, 6.45) is 10.9. The molecule has 3 fully saturated rings. The van der Waals surface area contributed by atoms with Crippen LogP contribution >= 0.6 is 0 Å². The van der Waals surface area contributed by atoms with Crippen LogP contribution < -0.4 is 15.5 Å². The molecule has 2 aliphatic carbocycles. The van der Waals surface area contributed by atoms with Crippen molar-refractivity contribution < 1.29 is 4.79 Å². The first-order chi connectivity index (χ1) is 13.8. The van der Waals surface area contributed by atoms with Gasteiger partial charge in [-0.15, -0.1) is 0 Å². The summed E-state index contributed by atoms with van der Waals surface area (Å²) in [6.45, 7) is 4.43. The van der Waals surface area contributed by atoms with Gasteiger partial charge in [0.25, 0.3) is 0 Å². The van der Waals surface area contributed by atoms with Crippen molar-refractivity contribution in [1.29, 1.82) is 0 Å². The third-order valence-electron chi connectivity index (χ3n) is 7.57. The van der Waals surface area contributed by atoms with Crippen molar-refractivity contribution in [2.45, 2.75) is 69.7 Å². The molecule has 1 aromatic carbocycles. The van der Waals surface area contributed by atoms with E-state index in [2.05, 4.69) is 33.7 Å². The number of nitrogens with zero attached hydrogens (tertiary/aromatic N) is 1. The molecule has 4 aliphatic rings. The number of anilines is 1. The Labute approximate surface area is 169 Å². The van der Waals surface area contributed by atoms with E-state index in [1.54, 1.807) is 0 Å². The molecule has 28 heavy (non-hydrogen) atoms. The van der Waals surface area contributed by atoms with Gasteiger partial charge in [0.05, 0.1) is 0 Å². The number of hydrogen-bond donors (Lipinski definition) is 2. The van der Waals surface area contributed by atoms with Crippen LogP contribution in [0, 0.1) is 11.8 Å². The fourth-order valence-electron chi connectivity index (χ4n) is 5.64. The maximum Gasteiger partial charge on any atom is 0.230 e. The number of amides is 1. The van der Waals surface area contributed by atoms with Gasteiger partial charge in [0.2, 0.25) is 5.91 Å². The van der Waals surface area contributed by atoms with Gasteiger partial charge in [-0.1, -0.05) is 31.4 Å². The van der Waals surface area contributed by atoms with Crippen molar-refractivity contribution in [3.05, 3.63) is 29.3 Å². The summed E-state index contributed by atoms with van der Waals surface area (Å²) in [5, 5.41) is 7.27. The topological polar surface area (TPSA) is 44.4 Å². The summed E-state index contributed by atoms with van der Waals surface area (Å²) in [6, 6.07) is 7.60. The SMILES string of the molecule is O=C(C1CCCCC1)N1CCc2cc(C3CC3NCC3CCNCC3)ccc21. The molecular weight excluding hydrogens is 346 g/mol. The first-order valence-electron chi connectivity index (χ1n) is 11.7. The summed E-state index contributed by atoms with van der Waals surface area (Å²) >= 11 is 0. The molecule has 152 valence electrons. The fourth-order valence-corrected chi connectivity index (χ4v) is 5.64. The summed E-state index contributed by atoms with van der Waals surface area (Å²) in [5.41, 5.74) is 4.07. The van der Waals surface area contributed by atoms with E-state index >= 15 is 0 Å². The van der Waals surface area contributed by atoms with Crippen molar-refractivity contribution in [1.82, 2.24) is 10.6 Å². The normalized spacial score (nSPS) is 28.4. The van der Waals surface area contributed by atoms with Crippen LogP contribution in [0.1, 0.15) is 68.4 Å². The summed E-state index contributed by atoms with van der Waals surface area (Å²) in [7, 11) is 0. The predicted octanol–water partition coefficient (Wildman–Crippen LogP) is 3.60. The number of carbonyl (C=O) groups is 1. The van der Waals surface area contributed by atoms with Gasteiger partial charge in [0.1, 0.15) is 0 Å². The Morgan fingerprint density at radius 3 is 2.75 bits per heavy atom. The standard InChI is InChI=1S/C24H35N3O/c28-24(18-4-2-1-3-5-18)27-13-10-20-14-19(6-7-23(20)27)21-15-22(21)26-16-17-8-11-25-12-9-17/h6-7,14,17-18,21-22,25-26H,1-5,8-13,15-16H2. The van der Waals surface area contributed by atoms with Gasteiger partial charge in [0, 0.05) is 30.1 Å². The van der Waals surface area contributed by atoms with Crippen molar-refractivity contribution >= 4 is 11.6 Å². The molecule has 4 heteroatoms. The van der Waals surface area contributed by atoms with Gasteiger partial charge in [-0.25, -0.2) is 0 Å². The highest BCUT2D eigenvalue weighted by Gasteiger charge is 2.39. The molecule has 2 heterocycles. The Morgan fingerprint density at radius 1 is 1.11 bits per heavy atom. The van der Waals surface area contributed by atoms with Crippen LogP contribution in [0.3, 0.4) is 0 Å². The Kier molecular flexibility index (Phi) is 5.43. The second kappa shape index (κ2) is 8.16. The molecule has 2 N–H and O–H groups in total. The van der Waals surface area contributed by atoms with Crippen LogP contribution in [0.25, 0.3) is 0 Å². The molecule has 0 aromatic heterocycles. The molecule has 5 rings (SSSR count). The lowest BCUT2D eigenvalue weighted by atomic mass is 9.88. The van der Waals surface area contributed by atoms with Gasteiger partial charge in [-0.2, -0.15) is 0 Å². The summed E-state index contributed by atoms with van der Waals surface area (Å²) < 4.78 is 0. The average molecular weight is 382 g/mol. The first-order valence-corrected chi connectivity index (χ1v) is 11.7. The lowest BCUT2D eigenvalue weighted by Gasteiger charge is -2.26. The van der Waals surface area contributed by atoms with Crippen LogP contribution in [0.15, 0.2) is 18.2 Å². The lowest BCUT2D eigenvalue weighted by molar-refractivity contribution is -0.123. The number of benzene rings is 1. The van der Waals surface area contributed by atoms with Gasteiger partial charge in [-0.3, -0.25) is 4.79 Å². The fraction of sp³-hybridized carbons (Fsp3) is 0.708. The van der Waals surface area contributed by atoms with E-state index in [1.165, 1.54) is 75.0 Å². The third kappa shape index (κ3) is 3.86. The maximum atomic E-state index is 13.0. The number of nitrogens with one attached hydrogen (secondary N) is 2. The zero-order valence-corrected chi connectivity index (χ0v) is 17.1. The number of hydrogen-bond acceptors (Lipinski definition) is 3. The van der Waals surface area contributed by atoms with E-state index in [9.17, 15) is 4.79 Å². The predicted molar refractivity (Wildman–Crippen MR) is 114 cm³/mol. The van der Waals surface area contributed by atoms with Crippen LogP contribution in [-0.2, 0) is 11.2 Å². The maximum absolute atomic E-state index is 13.0. The third-order valence-corrected chi connectivity index (χ3v) is 7.57. The Hall–Kier alpha value is -1.39. The number of rotatable bonds is 5. The van der Waals surface area contributed by atoms with E-state index < -0.39 is 0 Å². The van der Waals surface area contributed by atoms with Gasteiger partial charge in [0.15, 0.2) is 0 Å². The van der Waals surface area contributed by atoms with Crippen LogP contribution in [-0.4, -0.2) is 38.1 Å². The van der Waals surface area contributed by atoms with Crippen molar-refractivity contribution in [3.8, 4) is 0 Å². The van der Waals surface area contributed by atoms with Crippen molar-refractivity contribution in [2.24, 2.45) is 11.8 Å². The van der Waals surface area contributed by atoms with Crippen LogP contribution in [0.2, 0.25) is 0 Å². The number of fused-ring (bicyclic) bond motifs is 1. The molecule has 4 nitrogen and oxygen atoms in total. The van der Waals surface area contributed by atoms with E-state index in [0.717, 1.165) is 31.7 Å². The quantitative estimate of drug-likeness (QED) is 0.819. The molecule has 1 amide bonds. The molecule has 2 saturated carbocycles. The molecule has 0 bridgehead atoms. The van der Waals surface area contributed by atoms with Gasteiger partial charge in [-0.05, 0) is 81.3 Å². The molecular formula is C24H35N3O. The molecule has 2 atom stereocenters. The van der Waals surface area contributed by atoms with E-state index in [1.807, 2.05) is 0 Å². The Morgan fingerprint density at radius 2 is 1.93 bits per heavy atom. The zero-order chi connectivity index (χ0) is 18.9. The second-order valence-corrected chi connectivity index (χ2v) is 9.51. The molecule has 1 saturated heterocycles. The molecule has 2 unspecified atom stereocenters. The van der Waals surface area contributed by atoms with Crippen molar-refractivity contribution in [3.63, 3.8) is 0 Å². The van der Waals surface area contributed by atoms with Crippen LogP contribution in [0.5, 0.6) is 0 Å². The largest absolute Gasteiger partial charge is 0.317 e. The minimum absolute atomic E-state index is 0.270. The molecule has 0 radical (unpaired) electrons. The minimum atomic E-state index is 0.270. The minimum Gasteiger partial charge on any atom is -0.317 e. The highest BCUT2D eigenvalue weighted by Crippen LogP contribution is 2.43. The lowest BCUT2D eigenvalue weighted by Crippen LogP contribution is -2.35. The monoisotopic (exact) mass is 381 g/mol. The smallest absolute Gasteiger partial charge is 0.230 e. The first kappa shape index (κ1) is 18.6. The highest BCUT2D eigenvalue weighted by atomic mass is 16.2. The van der Waals surface area contributed by atoms with E-state index in [0.29, 0.717) is 17.9 Å². The van der Waals surface area contributed by atoms with Gasteiger partial charge < -0.3 is 15.5 Å².